The van der Waals surface area contributed by atoms with E-state index in [1.807, 2.05) is 6.92 Å². The van der Waals surface area contributed by atoms with E-state index < -0.39 is 12.6 Å². The second-order valence-electron chi connectivity index (χ2n) is 8.23. The lowest BCUT2D eigenvalue weighted by Crippen LogP contribution is -2.36. The predicted molar refractivity (Wildman–Crippen MR) is 114 cm³/mol. The zero-order valence-corrected chi connectivity index (χ0v) is 18.0. The maximum Gasteiger partial charge on any atom is 0.389 e. The van der Waals surface area contributed by atoms with Crippen LogP contribution in [-0.4, -0.2) is 38.4 Å². The number of hydrogen-bond donors (Lipinski definition) is 1. The minimum absolute atomic E-state index is 0.230. The number of ether oxygens (including phenoxy) is 1. The normalized spacial score (nSPS) is 14.9. The number of amides is 1. The first-order chi connectivity index (χ1) is 14.3. The van der Waals surface area contributed by atoms with Crippen LogP contribution in [0.25, 0.3) is 0 Å². The van der Waals surface area contributed by atoms with E-state index in [1.165, 1.54) is 11.3 Å². The molecule has 1 aliphatic rings. The first-order valence-corrected chi connectivity index (χ1v) is 11.1. The van der Waals surface area contributed by atoms with Gasteiger partial charge in [0.15, 0.2) is 0 Å². The Morgan fingerprint density at radius 3 is 2.23 bits per heavy atom. The van der Waals surface area contributed by atoms with Gasteiger partial charge >= 0.3 is 6.18 Å². The number of carbonyl (C=O) groups excluding carboxylic acids is 1. The molecule has 0 radical (unpaired) electrons. The molecule has 2 N–H and O–H groups in total. The number of nitrogens with two attached hydrogens (primary N) is 1. The number of anilines is 1. The van der Waals surface area contributed by atoms with Crippen LogP contribution in [0.5, 0.6) is 0 Å². The zero-order valence-electron chi connectivity index (χ0n) is 18.0. The third kappa shape index (κ3) is 8.94. The highest BCUT2D eigenvalue weighted by molar-refractivity contribution is 5.78. The van der Waals surface area contributed by atoms with Crippen molar-refractivity contribution < 1.29 is 22.7 Å². The van der Waals surface area contributed by atoms with E-state index in [0.29, 0.717) is 6.42 Å². The standard InChI is InChI=1S/C23H35F3N2O2/c1-18-15-20(28-11-13-30-14-12-28)16-19(21(18)17-22(27)29)9-7-5-3-2-4-6-8-10-23(24,25)26/h15-16H,2-14,17H2,1H3,(H2,27,29). The minimum atomic E-state index is -4.03. The van der Waals surface area contributed by atoms with Gasteiger partial charge in [-0.15, -0.1) is 0 Å². The molecule has 0 aliphatic carbocycles. The molecule has 1 heterocycles. The molecule has 30 heavy (non-hydrogen) atoms. The quantitative estimate of drug-likeness (QED) is 0.472. The molecule has 0 aromatic heterocycles. The molecule has 1 amide bonds. The number of rotatable bonds is 12. The van der Waals surface area contributed by atoms with Gasteiger partial charge in [0, 0.05) is 25.2 Å². The molecule has 1 saturated heterocycles. The molecule has 170 valence electrons. The number of aryl methyl sites for hydroxylation is 2. The van der Waals surface area contributed by atoms with E-state index in [0.717, 1.165) is 76.0 Å². The van der Waals surface area contributed by atoms with Gasteiger partial charge in [-0.05, 0) is 55.0 Å². The van der Waals surface area contributed by atoms with Crippen LogP contribution in [-0.2, 0) is 22.4 Å². The van der Waals surface area contributed by atoms with E-state index in [-0.39, 0.29) is 18.7 Å². The summed E-state index contributed by atoms with van der Waals surface area (Å²) >= 11 is 0. The molecular formula is C23H35F3N2O2. The van der Waals surface area contributed by atoms with Gasteiger partial charge in [0.05, 0.1) is 19.6 Å². The summed E-state index contributed by atoms with van der Waals surface area (Å²) in [5, 5.41) is 0. The molecular weight excluding hydrogens is 393 g/mol. The highest BCUT2D eigenvalue weighted by Crippen LogP contribution is 2.27. The Labute approximate surface area is 178 Å². The fraction of sp³-hybridized carbons (Fsp3) is 0.696. The van der Waals surface area contributed by atoms with E-state index >= 15 is 0 Å². The van der Waals surface area contributed by atoms with Gasteiger partial charge in [0.25, 0.3) is 0 Å². The van der Waals surface area contributed by atoms with Crippen molar-refractivity contribution in [2.75, 3.05) is 31.2 Å². The Kier molecular flexibility index (Phi) is 9.95. The number of carbonyl (C=O) groups is 1. The molecule has 7 heteroatoms. The van der Waals surface area contributed by atoms with E-state index in [2.05, 4.69) is 17.0 Å². The summed E-state index contributed by atoms with van der Waals surface area (Å²) in [4.78, 5) is 13.9. The number of benzene rings is 1. The second kappa shape index (κ2) is 12.2. The van der Waals surface area contributed by atoms with Crippen LogP contribution >= 0.6 is 0 Å². The Morgan fingerprint density at radius 1 is 1.03 bits per heavy atom. The van der Waals surface area contributed by atoms with Crippen molar-refractivity contribution in [2.24, 2.45) is 5.73 Å². The topological polar surface area (TPSA) is 55.6 Å². The highest BCUT2D eigenvalue weighted by Gasteiger charge is 2.25. The molecule has 1 fully saturated rings. The lowest BCUT2D eigenvalue weighted by Gasteiger charge is -2.30. The Hall–Kier alpha value is -1.76. The molecule has 0 spiro atoms. The van der Waals surface area contributed by atoms with Crippen LogP contribution < -0.4 is 10.6 Å². The largest absolute Gasteiger partial charge is 0.389 e. The van der Waals surface area contributed by atoms with Crippen LogP contribution in [0.1, 0.15) is 68.1 Å². The van der Waals surface area contributed by atoms with Crippen LogP contribution in [0.4, 0.5) is 18.9 Å². The van der Waals surface area contributed by atoms with Gasteiger partial charge in [-0.25, -0.2) is 0 Å². The molecule has 0 unspecified atom stereocenters. The fourth-order valence-electron chi connectivity index (χ4n) is 4.05. The predicted octanol–water partition coefficient (Wildman–Crippen LogP) is 5.09. The first kappa shape index (κ1) is 24.5. The zero-order chi connectivity index (χ0) is 22.0. The summed E-state index contributed by atoms with van der Waals surface area (Å²) in [5.41, 5.74) is 9.95. The number of hydrogen-bond acceptors (Lipinski definition) is 3. The van der Waals surface area contributed by atoms with Gasteiger partial charge in [-0.2, -0.15) is 13.2 Å². The molecule has 4 nitrogen and oxygen atoms in total. The van der Waals surface area contributed by atoms with Gasteiger partial charge in [0.2, 0.25) is 5.91 Å². The van der Waals surface area contributed by atoms with Crippen LogP contribution in [0.2, 0.25) is 0 Å². The van der Waals surface area contributed by atoms with Crippen LogP contribution in [0.3, 0.4) is 0 Å². The maximum absolute atomic E-state index is 12.1. The molecule has 0 bridgehead atoms. The van der Waals surface area contributed by atoms with Gasteiger partial charge in [-0.3, -0.25) is 4.79 Å². The highest BCUT2D eigenvalue weighted by atomic mass is 19.4. The summed E-state index contributed by atoms with van der Waals surface area (Å²) in [6.07, 6.45) is 2.20. The van der Waals surface area contributed by atoms with Gasteiger partial charge in [0.1, 0.15) is 0 Å². The molecule has 1 aromatic rings. The SMILES string of the molecule is Cc1cc(N2CCOCC2)cc(CCCCCCCCCC(F)(F)F)c1CC(N)=O. The monoisotopic (exact) mass is 428 g/mol. The number of halogens is 3. The van der Waals surface area contributed by atoms with Crippen molar-refractivity contribution in [1.82, 2.24) is 0 Å². The third-order valence-electron chi connectivity index (χ3n) is 5.68. The van der Waals surface area contributed by atoms with Gasteiger partial charge < -0.3 is 15.4 Å². The summed E-state index contributed by atoms with van der Waals surface area (Å²) in [6.45, 7) is 5.21. The summed E-state index contributed by atoms with van der Waals surface area (Å²) in [5.74, 6) is -0.322. The number of alkyl halides is 3. The molecule has 2 rings (SSSR count). The summed E-state index contributed by atoms with van der Waals surface area (Å²) in [7, 11) is 0. The minimum Gasteiger partial charge on any atom is -0.378 e. The molecule has 0 saturated carbocycles. The summed E-state index contributed by atoms with van der Waals surface area (Å²) < 4.78 is 41.9. The van der Waals surface area contributed by atoms with Crippen molar-refractivity contribution in [3.05, 3.63) is 28.8 Å². The van der Waals surface area contributed by atoms with Crippen LogP contribution in [0, 0.1) is 6.92 Å². The fourth-order valence-corrected chi connectivity index (χ4v) is 4.05. The Bertz CT molecular complexity index is 671. The Morgan fingerprint density at radius 2 is 1.63 bits per heavy atom. The van der Waals surface area contributed by atoms with Crippen LogP contribution in [0.15, 0.2) is 12.1 Å². The number of nitrogens with zero attached hydrogens (tertiary/aromatic N) is 1. The molecule has 1 aromatic carbocycles. The Balaban J connectivity index is 1.83. The van der Waals surface area contributed by atoms with Crippen molar-refractivity contribution in [3.8, 4) is 0 Å². The summed E-state index contributed by atoms with van der Waals surface area (Å²) in [6, 6.07) is 4.32. The van der Waals surface area contributed by atoms with E-state index in [4.69, 9.17) is 10.5 Å². The van der Waals surface area contributed by atoms with Gasteiger partial charge in [-0.1, -0.05) is 32.1 Å². The maximum atomic E-state index is 12.1. The lowest BCUT2D eigenvalue weighted by molar-refractivity contribution is -0.135. The average Bonchev–Trinajstić information content (AvgIpc) is 2.68. The van der Waals surface area contributed by atoms with E-state index in [1.54, 1.807) is 0 Å². The van der Waals surface area contributed by atoms with Crippen molar-refractivity contribution in [2.45, 2.75) is 77.3 Å². The number of morpholine rings is 1. The van der Waals surface area contributed by atoms with Crippen molar-refractivity contribution >= 4 is 11.6 Å². The van der Waals surface area contributed by atoms with Crippen molar-refractivity contribution in [3.63, 3.8) is 0 Å². The lowest BCUT2D eigenvalue weighted by atomic mass is 9.93. The smallest absolute Gasteiger partial charge is 0.378 e. The molecule has 1 aliphatic heterocycles. The average molecular weight is 429 g/mol. The third-order valence-corrected chi connectivity index (χ3v) is 5.68. The first-order valence-electron chi connectivity index (χ1n) is 11.1. The van der Waals surface area contributed by atoms with E-state index in [9.17, 15) is 18.0 Å². The van der Waals surface area contributed by atoms with Crippen molar-refractivity contribution in [1.29, 1.82) is 0 Å². The second-order valence-corrected chi connectivity index (χ2v) is 8.23. The molecule has 0 atom stereocenters. The number of primary amides is 1. The number of unbranched alkanes of at least 4 members (excludes halogenated alkanes) is 6.